The fraction of sp³-hybridized carbons (Fsp3) is 0.280. The number of carbonyl (C=O) groups excluding carboxylic acids is 1. The molecule has 1 aliphatic heterocycles. The maximum absolute atomic E-state index is 13.8. The topological polar surface area (TPSA) is 56.5 Å². The Bertz CT molecular complexity index is 1020. The third-order valence-electron chi connectivity index (χ3n) is 5.53. The summed E-state index contributed by atoms with van der Waals surface area (Å²) in [4.78, 5) is 20.2. The Balaban J connectivity index is 1.88. The maximum atomic E-state index is 13.8. The molecule has 0 spiro atoms. The third-order valence-corrected chi connectivity index (χ3v) is 5.53. The van der Waals surface area contributed by atoms with E-state index in [-0.39, 0.29) is 22.9 Å². The van der Waals surface area contributed by atoms with Gasteiger partial charge in [0, 0.05) is 12.1 Å². The van der Waals surface area contributed by atoms with E-state index in [1.807, 2.05) is 65.7 Å². The summed E-state index contributed by atoms with van der Waals surface area (Å²) in [7, 11) is 0. The molecule has 0 aliphatic carbocycles. The molecule has 2 aromatic carbocycles. The Labute approximate surface area is 177 Å². The lowest BCUT2D eigenvalue weighted by atomic mass is 9.75. The van der Waals surface area contributed by atoms with E-state index in [0.717, 1.165) is 11.3 Å². The van der Waals surface area contributed by atoms with Crippen molar-refractivity contribution in [1.82, 2.24) is 0 Å². The summed E-state index contributed by atoms with van der Waals surface area (Å²) in [5, 5.41) is 14.2. The molecule has 3 aromatic rings. The molecule has 30 heavy (non-hydrogen) atoms. The summed E-state index contributed by atoms with van der Waals surface area (Å²) in [5.74, 6) is -0.756. The lowest BCUT2D eigenvalue weighted by molar-refractivity contribution is -0.607. The normalized spacial score (nSPS) is 21.6. The van der Waals surface area contributed by atoms with Crippen molar-refractivity contribution in [2.75, 3.05) is 5.06 Å². The third kappa shape index (κ3) is 3.68. The minimum absolute atomic E-state index is 0.135. The van der Waals surface area contributed by atoms with Gasteiger partial charge < -0.3 is 5.21 Å². The van der Waals surface area contributed by atoms with E-state index < -0.39 is 12.0 Å². The molecule has 0 radical (unpaired) electrons. The average Bonchev–Trinajstić information content (AvgIpc) is 3.16. The van der Waals surface area contributed by atoms with Crippen LogP contribution in [0.5, 0.6) is 0 Å². The Morgan fingerprint density at radius 2 is 1.53 bits per heavy atom. The van der Waals surface area contributed by atoms with Gasteiger partial charge in [-0.1, -0.05) is 69.3 Å². The van der Waals surface area contributed by atoms with Crippen LogP contribution >= 0.6 is 0 Å². The van der Waals surface area contributed by atoms with Crippen molar-refractivity contribution in [3.63, 3.8) is 0 Å². The van der Waals surface area contributed by atoms with Crippen molar-refractivity contribution >= 4 is 11.5 Å². The van der Waals surface area contributed by atoms with Crippen LogP contribution < -0.4 is 9.79 Å². The number of hydroxylamine groups is 1. The van der Waals surface area contributed by atoms with Gasteiger partial charge in [0.15, 0.2) is 6.20 Å². The standard InChI is InChI=1S/C25H26N2O3/c1-25(2,3)24-21(23(28)20-16-10-11-17-26(20)29)22(18-12-6-4-7-13-18)27(30-24)19-14-8-5-9-15-19/h4-17,21-22,24H,1-3H3/t21-,22+,24+/m0/s1. The number of aromatic nitrogens is 1. The minimum atomic E-state index is -0.546. The zero-order chi connectivity index (χ0) is 21.3. The molecule has 154 valence electrons. The van der Waals surface area contributed by atoms with Crippen LogP contribution in [0.25, 0.3) is 0 Å². The molecule has 3 atom stereocenters. The monoisotopic (exact) mass is 402 g/mol. The van der Waals surface area contributed by atoms with Gasteiger partial charge in [0.25, 0.3) is 5.69 Å². The molecule has 0 unspecified atom stereocenters. The lowest BCUT2D eigenvalue weighted by Gasteiger charge is -2.29. The highest BCUT2D eigenvalue weighted by Crippen LogP contribution is 2.48. The maximum Gasteiger partial charge on any atom is 0.260 e. The molecule has 2 heterocycles. The molecule has 1 fully saturated rings. The first-order valence-electron chi connectivity index (χ1n) is 10.2. The summed E-state index contributed by atoms with van der Waals surface area (Å²) in [6.07, 6.45) is 0.956. The number of hydrogen-bond acceptors (Lipinski definition) is 4. The number of rotatable bonds is 4. The van der Waals surface area contributed by atoms with Crippen molar-refractivity contribution in [1.29, 1.82) is 0 Å². The van der Waals surface area contributed by atoms with Crippen LogP contribution in [0.15, 0.2) is 85.1 Å². The zero-order valence-electron chi connectivity index (χ0n) is 17.4. The summed E-state index contributed by atoms with van der Waals surface area (Å²) in [5.41, 5.74) is 1.66. The first-order chi connectivity index (χ1) is 14.4. The highest BCUT2D eigenvalue weighted by atomic mass is 16.7. The van der Waals surface area contributed by atoms with Crippen LogP contribution in [0.4, 0.5) is 5.69 Å². The highest BCUT2D eigenvalue weighted by Gasteiger charge is 2.54. The van der Waals surface area contributed by atoms with Gasteiger partial charge in [0.2, 0.25) is 5.78 Å². The minimum Gasteiger partial charge on any atom is -0.618 e. The summed E-state index contributed by atoms with van der Waals surface area (Å²) >= 11 is 0. The van der Waals surface area contributed by atoms with Crippen molar-refractivity contribution < 1.29 is 14.4 Å². The SMILES string of the molecule is CC(C)(C)[C@@H]1ON(c2ccccc2)[C@H](c2ccccc2)[C@H]1C(=O)c1cccc[n+]1[O-]. The molecule has 0 bridgehead atoms. The van der Waals surface area contributed by atoms with Crippen LogP contribution in [0.2, 0.25) is 0 Å². The number of Topliss-reactive ketones (excluding diaryl/α,β-unsaturated/α-hetero) is 1. The fourth-order valence-electron chi connectivity index (χ4n) is 4.12. The van der Waals surface area contributed by atoms with Gasteiger partial charge in [-0.2, -0.15) is 4.73 Å². The molecular formula is C25H26N2O3. The number of carbonyl (C=O) groups is 1. The Morgan fingerprint density at radius 3 is 2.13 bits per heavy atom. The second-order valence-corrected chi connectivity index (χ2v) is 8.71. The lowest BCUT2D eigenvalue weighted by Crippen LogP contribution is -2.42. The van der Waals surface area contributed by atoms with E-state index >= 15 is 0 Å². The quantitative estimate of drug-likeness (QED) is 0.360. The van der Waals surface area contributed by atoms with Gasteiger partial charge in [0.1, 0.15) is 6.10 Å². The van der Waals surface area contributed by atoms with E-state index in [1.165, 1.54) is 6.20 Å². The Morgan fingerprint density at radius 1 is 0.933 bits per heavy atom. The van der Waals surface area contributed by atoms with Crippen LogP contribution in [0.3, 0.4) is 0 Å². The van der Waals surface area contributed by atoms with Crippen LogP contribution in [0.1, 0.15) is 42.9 Å². The predicted molar refractivity (Wildman–Crippen MR) is 116 cm³/mol. The number of nitrogens with zero attached hydrogens (tertiary/aromatic N) is 2. The van der Waals surface area contributed by atoms with E-state index in [9.17, 15) is 10.0 Å². The first kappa shape index (κ1) is 20.1. The molecule has 4 rings (SSSR count). The van der Waals surface area contributed by atoms with Crippen molar-refractivity contribution in [3.05, 3.63) is 102 Å². The van der Waals surface area contributed by atoms with Crippen LogP contribution in [0, 0.1) is 16.5 Å². The van der Waals surface area contributed by atoms with Crippen LogP contribution in [-0.2, 0) is 4.84 Å². The van der Waals surface area contributed by atoms with Crippen molar-refractivity contribution in [3.8, 4) is 0 Å². The van der Waals surface area contributed by atoms with E-state index in [1.54, 1.807) is 18.2 Å². The smallest absolute Gasteiger partial charge is 0.260 e. The zero-order valence-corrected chi connectivity index (χ0v) is 17.4. The number of anilines is 1. The number of ketones is 1. The highest BCUT2D eigenvalue weighted by molar-refractivity contribution is 5.96. The van der Waals surface area contributed by atoms with Gasteiger partial charge in [-0.05, 0) is 29.2 Å². The Hall–Kier alpha value is -3.18. The summed E-state index contributed by atoms with van der Waals surface area (Å²) in [6.45, 7) is 6.18. The number of pyridine rings is 1. The summed E-state index contributed by atoms with van der Waals surface area (Å²) in [6, 6.07) is 24.2. The van der Waals surface area contributed by atoms with Gasteiger partial charge in [-0.3, -0.25) is 9.63 Å². The van der Waals surface area contributed by atoms with E-state index in [4.69, 9.17) is 4.84 Å². The predicted octanol–water partition coefficient (Wildman–Crippen LogP) is 4.73. The van der Waals surface area contributed by atoms with Crippen molar-refractivity contribution in [2.24, 2.45) is 11.3 Å². The molecule has 5 nitrogen and oxygen atoms in total. The van der Waals surface area contributed by atoms with Gasteiger partial charge in [-0.15, -0.1) is 0 Å². The molecule has 0 saturated carbocycles. The summed E-state index contributed by atoms with van der Waals surface area (Å²) < 4.78 is 0.648. The molecular weight excluding hydrogens is 376 g/mol. The van der Waals surface area contributed by atoms with E-state index in [2.05, 4.69) is 20.8 Å². The molecule has 0 N–H and O–H groups in total. The van der Waals surface area contributed by atoms with Gasteiger partial charge >= 0.3 is 0 Å². The molecule has 1 saturated heterocycles. The number of para-hydroxylation sites is 1. The Kier molecular flexibility index (Phi) is 5.31. The largest absolute Gasteiger partial charge is 0.618 e. The fourth-order valence-corrected chi connectivity index (χ4v) is 4.12. The average molecular weight is 402 g/mol. The number of hydrogen-bond donors (Lipinski definition) is 0. The second-order valence-electron chi connectivity index (χ2n) is 8.71. The van der Waals surface area contributed by atoms with Gasteiger partial charge in [0.05, 0.1) is 17.6 Å². The molecule has 0 amide bonds. The molecule has 1 aliphatic rings. The second kappa shape index (κ2) is 7.92. The number of benzene rings is 2. The van der Waals surface area contributed by atoms with Crippen LogP contribution in [-0.4, -0.2) is 11.9 Å². The molecule has 5 heteroatoms. The first-order valence-corrected chi connectivity index (χ1v) is 10.2. The van der Waals surface area contributed by atoms with E-state index in [0.29, 0.717) is 4.73 Å². The van der Waals surface area contributed by atoms with Gasteiger partial charge in [-0.25, -0.2) is 5.06 Å². The van der Waals surface area contributed by atoms with Crippen molar-refractivity contribution in [2.45, 2.75) is 32.9 Å². The molecule has 1 aromatic heterocycles.